The maximum Gasteiger partial charge on any atom is 0.407 e. The van der Waals surface area contributed by atoms with E-state index in [0.717, 1.165) is 31.6 Å². The molecule has 2 aliphatic carbocycles. The second-order valence-electron chi connectivity index (χ2n) is 8.01. The molecule has 0 aromatic rings. The predicted molar refractivity (Wildman–Crippen MR) is 101 cm³/mol. The first-order valence-electron chi connectivity index (χ1n) is 9.20. The van der Waals surface area contributed by atoms with Gasteiger partial charge in [0, 0.05) is 19.3 Å². The van der Waals surface area contributed by atoms with E-state index in [-0.39, 0.29) is 18.1 Å². The SMILES string of the molecule is C1CCOC1.C=C1CC(C(=O)O)C1.C=C1CC(NC(=O)OC(C)(C)C)C1. The number of carboxylic acid groups (broad SMARTS) is 1. The van der Waals surface area contributed by atoms with Crippen molar-refractivity contribution in [3.63, 3.8) is 0 Å². The summed E-state index contributed by atoms with van der Waals surface area (Å²) in [4.78, 5) is 21.3. The molecule has 3 rings (SSSR count). The minimum absolute atomic E-state index is 0.123. The van der Waals surface area contributed by atoms with Crippen molar-refractivity contribution >= 4 is 12.1 Å². The van der Waals surface area contributed by atoms with Gasteiger partial charge in [-0.05, 0) is 59.3 Å². The van der Waals surface area contributed by atoms with E-state index < -0.39 is 11.6 Å². The molecule has 0 bridgehead atoms. The van der Waals surface area contributed by atoms with Gasteiger partial charge in [0.2, 0.25) is 0 Å². The quantitative estimate of drug-likeness (QED) is 0.719. The summed E-state index contributed by atoms with van der Waals surface area (Å²) in [5, 5.41) is 11.1. The van der Waals surface area contributed by atoms with Gasteiger partial charge in [0.25, 0.3) is 0 Å². The van der Waals surface area contributed by atoms with E-state index in [0.29, 0.717) is 12.8 Å². The van der Waals surface area contributed by atoms with Crippen LogP contribution in [0.1, 0.15) is 59.3 Å². The lowest BCUT2D eigenvalue weighted by Gasteiger charge is -2.30. The van der Waals surface area contributed by atoms with Crippen molar-refractivity contribution in [2.75, 3.05) is 13.2 Å². The minimum Gasteiger partial charge on any atom is -0.481 e. The number of amides is 1. The second-order valence-corrected chi connectivity index (χ2v) is 8.01. The van der Waals surface area contributed by atoms with E-state index in [1.807, 2.05) is 20.8 Å². The topological polar surface area (TPSA) is 84.9 Å². The minimum atomic E-state index is -0.683. The second kappa shape index (κ2) is 10.4. The van der Waals surface area contributed by atoms with Crippen molar-refractivity contribution in [3.05, 3.63) is 24.3 Å². The molecule has 0 unspecified atom stereocenters. The highest BCUT2D eigenvalue weighted by molar-refractivity contribution is 5.72. The summed E-state index contributed by atoms with van der Waals surface area (Å²) in [7, 11) is 0. The third kappa shape index (κ3) is 9.61. The molecule has 2 N–H and O–H groups in total. The molecule has 6 nitrogen and oxygen atoms in total. The third-order valence-corrected chi connectivity index (χ3v) is 4.04. The number of carbonyl (C=O) groups is 2. The van der Waals surface area contributed by atoms with E-state index in [1.54, 1.807) is 0 Å². The number of rotatable bonds is 2. The zero-order chi connectivity index (χ0) is 19.7. The monoisotopic (exact) mass is 367 g/mol. The number of hydrogen-bond donors (Lipinski definition) is 2. The van der Waals surface area contributed by atoms with Crippen LogP contribution in [0.4, 0.5) is 4.79 Å². The van der Waals surface area contributed by atoms with Crippen LogP contribution in [-0.2, 0) is 14.3 Å². The van der Waals surface area contributed by atoms with Crippen molar-refractivity contribution in [1.29, 1.82) is 0 Å². The maximum atomic E-state index is 11.2. The number of aliphatic carboxylic acids is 1. The smallest absolute Gasteiger partial charge is 0.407 e. The van der Waals surface area contributed by atoms with Crippen LogP contribution in [0.3, 0.4) is 0 Å². The zero-order valence-electron chi connectivity index (χ0n) is 16.3. The van der Waals surface area contributed by atoms with Gasteiger partial charge < -0.3 is 19.9 Å². The lowest BCUT2D eigenvalue weighted by molar-refractivity contribution is -0.143. The average molecular weight is 367 g/mol. The Morgan fingerprint density at radius 2 is 1.58 bits per heavy atom. The Morgan fingerprint density at radius 3 is 1.85 bits per heavy atom. The number of hydrogen-bond acceptors (Lipinski definition) is 4. The van der Waals surface area contributed by atoms with E-state index in [2.05, 4.69) is 18.5 Å². The van der Waals surface area contributed by atoms with E-state index in [9.17, 15) is 9.59 Å². The normalized spacial score (nSPS) is 19.8. The molecule has 3 fully saturated rings. The van der Waals surface area contributed by atoms with Gasteiger partial charge in [-0.15, -0.1) is 0 Å². The Morgan fingerprint density at radius 1 is 1.08 bits per heavy atom. The fourth-order valence-corrected chi connectivity index (χ4v) is 2.54. The summed E-state index contributed by atoms with van der Waals surface area (Å²) in [6, 6.07) is 0.238. The van der Waals surface area contributed by atoms with Crippen molar-refractivity contribution in [2.24, 2.45) is 5.92 Å². The van der Waals surface area contributed by atoms with Gasteiger partial charge in [0.15, 0.2) is 0 Å². The van der Waals surface area contributed by atoms with Crippen molar-refractivity contribution in [3.8, 4) is 0 Å². The molecule has 2 saturated carbocycles. The van der Waals surface area contributed by atoms with Crippen molar-refractivity contribution < 1.29 is 24.2 Å². The van der Waals surface area contributed by atoms with Crippen LogP contribution in [0.15, 0.2) is 24.3 Å². The first kappa shape index (κ1) is 22.2. The number of alkyl carbamates (subject to hydrolysis) is 1. The molecule has 0 atom stereocenters. The first-order chi connectivity index (χ1) is 12.1. The largest absolute Gasteiger partial charge is 0.481 e. The lowest BCUT2D eigenvalue weighted by atomic mass is 9.81. The Hall–Kier alpha value is -1.82. The van der Waals surface area contributed by atoms with Gasteiger partial charge in [0.1, 0.15) is 5.60 Å². The van der Waals surface area contributed by atoms with Crippen LogP contribution in [-0.4, -0.2) is 42.0 Å². The molecule has 3 aliphatic rings. The molecule has 0 radical (unpaired) electrons. The Bertz CT molecular complexity index is 493. The fourth-order valence-electron chi connectivity index (χ4n) is 2.54. The van der Waals surface area contributed by atoms with E-state index >= 15 is 0 Å². The highest BCUT2D eigenvalue weighted by atomic mass is 16.6. The van der Waals surface area contributed by atoms with Crippen LogP contribution in [0.2, 0.25) is 0 Å². The summed E-state index contributed by atoms with van der Waals surface area (Å²) in [6.07, 6.45) is 5.38. The van der Waals surface area contributed by atoms with Gasteiger partial charge in [0.05, 0.1) is 5.92 Å². The molecular formula is C20H33NO5. The first-order valence-corrected chi connectivity index (χ1v) is 9.20. The summed E-state index contributed by atoms with van der Waals surface area (Å²) in [5.41, 5.74) is 1.85. The predicted octanol–water partition coefficient (Wildman–Crippen LogP) is 4.06. The van der Waals surface area contributed by atoms with Gasteiger partial charge in [-0.2, -0.15) is 0 Å². The molecule has 1 aliphatic heterocycles. The highest BCUT2D eigenvalue weighted by Crippen LogP contribution is 2.31. The molecular weight excluding hydrogens is 334 g/mol. The zero-order valence-corrected chi connectivity index (χ0v) is 16.3. The Balaban J connectivity index is 0.000000219. The molecule has 0 spiro atoms. The van der Waals surface area contributed by atoms with E-state index in [4.69, 9.17) is 14.6 Å². The van der Waals surface area contributed by atoms with Crippen LogP contribution in [0, 0.1) is 5.92 Å². The van der Waals surface area contributed by atoms with Crippen LogP contribution >= 0.6 is 0 Å². The van der Waals surface area contributed by atoms with E-state index in [1.165, 1.54) is 18.4 Å². The van der Waals surface area contributed by atoms with Crippen molar-refractivity contribution in [1.82, 2.24) is 5.32 Å². The third-order valence-electron chi connectivity index (χ3n) is 4.04. The molecule has 1 saturated heterocycles. The number of ether oxygens (including phenoxy) is 2. The molecule has 0 aromatic carbocycles. The van der Waals surface area contributed by atoms with Crippen LogP contribution < -0.4 is 5.32 Å². The standard InChI is InChI=1S/C10H17NO2.C6H8O2.C4H8O/c1-7-5-8(6-7)11-9(12)13-10(2,3)4;1-4-2-5(3-4)6(7)8;1-2-4-5-3-1/h8H,1,5-6H2,2-4H3,(H,11,12);5H,1-3H2,(H,7,8);1-4H2. The fraction of sp³-hybridized carbons (Fsp3) is 0.700. The van der Waals surface area contributed by atoms with Crippen molar-refractivity contribution in [2.45, 2.75) is 70.9 Å². The van der Waals surface area contributed by atoms with Gasteiger partial charge >= 0.3 is 12.1 Å². The molecule has 26 heavy (non-hydrogen) atoms. The number of carboxylic acids is 1. The van der Waals surface area contributed by atoms with Crippen LogP contribution in [0.5, 0.6) is 0 Å². The molecule has 1 amide bonds. The van der Waals surface area contributed by atoms with Crippen LogP contribution in [0.25, 0.3) is 0 Å². The highest BCUT2D eigenvalue weighted by Gasteiger charge is 2.27. The molecule has 1 heterocycles. The molecule has 6 heteroatoms. The number of nitrogens with one attached hydrogen (secondary N) is 1. The van der Waals surface area contributed by atoms with Gasteiger partial charge in [-0.1, -0.05) is 24.3 Å². The maximum absolute atomic E-state index is 11.2. The van der Waals surface area contributed by atoms with Gasteiger partial charge in [-0.25, -0.2) is 4.79 Å². The summed E-state index contributed by atoms with van der Waals surface area (Å²) < 4.78 is 10.0. The number of allylic oxidation sites excluding steroid dienone is 1. The number of carbonyl (C=O) groups excluding carboxylic acids is 1. The summed E-state index contributed by atoms with van der Waals surface area (Å²) in [5.74, 6) is -0.806. The average Bonchev–Trinajstić information content (AvgIpc) is 3.00. The molecule has 148 valence electrons. The Labute approximate surface area is 156 Å². The summed E-state index contributed by atoms with van der Waals surface area (Å²) >= 11 is 0. The molecule has 0 aromatic heterocycles. The lowest BCUT2D eigenvalue weighted by Crippen LogP contribution is -2.43. The van der Waals surface area contributed by atoms with Gasteiger partial charge in [-0.3, -0.25) is 4.79 Å². The summed E-state index contributed by atoms with van der Waals surface area (Å²) in [6.45, 7) is 15.0. The Kier molecular flexibility index (Phi) is 8.85.